The summed E-state index contributed by atoms with van der Waals surface area (Å²) in [5, 5.41) is 3.03. The van der Waals surface area contributed by atoms with Crippen LogP contribution in [0.2, 0.25) is 0 Å². The van der Waals surface area contributed by atoms with E-state index in [1.54, 1.807) is 6.26 Å². The molecule has 0 aliphatic rings. The van der Waals surface area contributed by atoms with Crippen LogP contribution in [0.25, 0.3) is 0 Å². The highest BCUT2D eigenvalue weighted by Crippen LogP contribution is 2.21. The number of amides is 1. The lowest BCUT2D eigenvalue weighted by Gasteiger charge is -2.15. The SMILES string of the molecule is Cc1cc(C)c(NC(=O)C[NH+](C)Cc2ccco2)c(C)c1. The number of hydrogen-bond acceptors (Lipinski definition) is 2. The molecule has 0 aliphatic heterocycles. The molecule has 1 atom stereocenters. The van der Waals surface area contributed by atoms with Crippen LogP contribution < -0.4 is 10.2 Å². The van der Waals surface area contributed by atoms with Crippen molar-refractivity contribution in [1.82, 2.24) is 0 Å². The van der Waals surface area contributed by atoms with Gasteiger partial charge in [-0.15, -0.1) is 0 Å². The minimum absolute atomic E-state index is 0.0223. The molecule has 112 valence electrons. The van der Waals surface area contributed by atoms with E-state index >= 15 is 0 Å². The molecule has 0 saturated carbocycles. The predicted molar refractivity (Wildman–Crippen MR) is 83.4 cm³/mol. The Hall–Kier alpha value is -2.07. The first-order valence-corrected chi connectivity index (χ1v) is 7.17. The Labute approximate surface area is 125 Å². The number of likely N-dealkylation sites (N-methyl/N-ethyl adjacent to an activating group) is 1. The van der Waals surface area contributed by atoms with Gasteiger partial charge in [0.1, 0.15) is 6.54 Å². The van der Waals surface area contributed by atoms with Crippen LogP contribution in [-0.2, 0) is 11.3 Å². The second-order valence-electron chi connectivity index (χ2n) is 5.71. The summed E-state index contributed by atoms with van der Waals surface area (Å²) < 4.78 is 5.30. The fraction of sp³-hybridized carbons (Fsp3) is 0.353. The zero-order valence-electron chi connectivity index (χ0n) is 13.1. The Morgan fingerprint density at radius 1 is 1.24 bits per heavy atom. The summed E-state index contributed by atoms with van der Waals surface area (Å²) in [5.74, 6) is 0.914. The number of rotatable bonds is 5. The third kappa shape index (κ3) is 4.20. The van der Waals surface area contributed by atoms with Crippen LogP contribution >= 0.6 is 0 Å². The van der Waals surface area contributed by atoms with Crippen molar-refractivity contribution in [3.8, 4) is 0 Å². The molecule has 2 N–H and O–H groups in total. The van der Waals surface area contributed by atoms with Crippen molar-refractivity contribution in [2.45, 2.75) is 27.3 Å². The van der Waals surface area contributed by atoms with E-state index in [0.29, 0.717) is 13.1 Å². The van der Waals surface area contributed by atoms with E-state index in [0.717, 1.165) is 27.5 Å². The second-order valence-corrected chi connectivity index (χ2v) is 5.71. The van der Waals surface area contributed by atoms with Gasteiger partial charge in [-0.3, -0.25) is 4.79 Å². The zero-order valence-corrected chi connectivity index (χ0v) is 13.1. The average Bonchev–Trinajstić information content (AvgIpc) is 2.86. The van der Waals surface area contributed by atoms with E-state index in [1.165, 1.54) is 5.56 Å². The van der Waals surface area contributed by atoms with E-state index < -0.39 is 0 Å². The van der Waals surface area contributed by atoms with Crippen molar-refractivity contribution in [1.29, 1.82) is 0 Å². The van der Waals surface area contributed by atoms with Crippen molar-refractivity contribution in [3.63, 3.8) is 0 Å². The molecule has 2 rings (SSSR count). The maximum atomic E-state index is 12.2. The molecule has 4 nitrogen and oxygen atoms in total. The third-order valence-electron chi connectivity index (χ3n) is 3.46. The minimum Gasteiger partial charge on any atom is -0.463 e. The molecule has 1 aromatic heterocycles. The highest BCUT2D eigenvalue weighted by atomic mass is 16.3. The van der Waals surface area contributed by atoms with Crippen LogP contribution in [0.5, 0.6) is 0 Å². The molecule has 1 heterocycles. The predicted octanol–water partition coefficient (Wildman–Crippen LogP) is 1.86. The minimum atomic E-state index is 0.0223. The third-order valence-corrected chi connectivity index (χ3v) is 3.46. The topological polar surface area (TPSA) is 46.7 Å². The van der Waals surface area contributed by atoms with Gasteiger partial charge in [0.25, 0.3) is 5.91 Å². The molecule has 1 unspecified atom stereocenters. The first kappa shape index (κ1) is 15.3. The van der Waals surface area contributed by atoms with Gasteiger partial charge in [-0.05, 0) is 44.0 Å². The fourth-order valence-corrected chi connectivity index (χ4v) is 2.61. The fourth-order valence-electron chi connectivity index (χ4n) is 2.61. The van der Waals surface area contributed by atoms with Crippen molar-refractivity contribution in [2.24, 2.45) is 0 Å². The summed E-state index contributed by atoms with van der Waals surface area (Å²) in [6, 6.07) is 7.96. The molecule has 2 aromatic rings. The number of carbonyl (C=O) groups excluding carboxylic acids is 1. The van der Waals surface area contributed by atoms with E-state index in [2.05, 4.69) is 24.4 Å². The number of carbonyl (C=O) groups is 1. The highest BCUT2D eigenvalue weighted by Gasteiger charge is 2.14. The molecule has 0 aliphatic carbocycles. The summed E-state index contributed by atoms with van der Waals surface area (Å²) >= 11 is 0. The Morgan fingerprint density at radius 3 is 2.48 bits per heavy atom. The molecule has 1 amide bonds. The average molecular weight is 287 g/mol. The molecular formula is C17H23N2O2+. The van der Waals surface area contributed by atoms with Crippen LogP contribution in [0, 0.1) is 20.8 Å². The van der Waals surface area contributed by atoms with Gasteiger partial charge in [-0.1, -0.05) is 17.7 Å². The summed E-state index contributed by atoms with van der Waals surface area (Å²) in [4.78, 5) is 13.3. The molecule has 0 saturated heterocycles. The molecule has 21 heavy (non-hydrogen) atoms. The van der Waals surface area contributed by atoms with Gasteiger partial charge >= 0.3 is 0 Å². The van der Waals surface area contributed by atoms with Gasteiger partial charge < -0.3 is 14.6 Å². The smallest absolute Gasteiger partial charge is 0.279 e. The summed E-state index contributed by atoms with van der Waals surface area (Å²) in [7, 11) is 1.98. The number of hydrogen-bond donors (Lipinski definition) is 2. The standard InChI is InChI=1S/C17H22N2O2/c1-12-8-13(2)17(14(3)9-12)18-16(20)11-19(4)10-15-6-5-7-21-15/h5-9H,10-11H2,1-4H3,(H,18,20)/p+1. The van der Waals surface area contributed by atoms with E-state index in [9.17, 15) is 4.79 Å². The van der Waals surface area contributed by atoms with E-state index in [-0.39, 0.29) is 5.91 Å². The van der Waals surface area contributed by atoms with Crippen LogP contribution in [0.15, 0.2) is 34.9 Å². The van der Waals surface area contributed by atoms with Crippen molar-refractivity contribution in [2.75, 3.05) is 18.9 Å². The normalized spacial score (nSPS) is 12.2. The maximum Gasteiger partial charge on any atom is 0.279 e. The van der Waals surface area contributed by atoms with Gasteiger partial charge in [-0.25, -0.2) is 0 Å². The lowest BCUT2D eigenvalue weighted by Crippen LogP contribution is -3.08. The van der Waals surface area contributed by atoms with E-state index in [4.69, 9.17) is 4.42 Å². The maximum absolute atomic E-state index is 12.2. The highest BCUT2D eigenvalue weighted by molar-refractivity contribution is 5.93. The van der Waals surface area contributed by atoms with Gasteiger partial charge in [-0.2, -0.15) is 0 Å². The first-order chi connectivity index (χ1) is 9.95. The summed E-state index contributed by atoms with van der Waals surface area (Å²) in [6.07, 6.45) is 1.65. The monoisotopic (exact) mass is 287 g/mol. The first-order valence-electron chi connectivity index (χ1n) is 7.17. The van der Waals surface area contributed by atoms with Crippen molar-refractivity contribution < 1.29 is 14.1 Å². The lowest BCUT2D eigenvalue weighted by molar-refractivity contribution is -0.886. The molecule has 0 radical (unpaired) electrons. The summed E-state index contributed by atoms with van der Waals surface area (Å²) in [5.41, 5.74) is 4.34. The number of nitrogens with one attached hydrogen (secondary N) is 2. The van der Waals surface area contributed by atoms with Crippen LogP contribution in [0.4, 0.5) is 5.69 Å². The molecule has 1 aromatic carbocycles. The second kappa shape index (κ2) is 6.59. The number of quaternary nitrogens is 1. The number of anilines is 1. The van der Waals surface area contributed by atoms with Crippen molar-refractivity contribution in [3.05, 3.63) is 53.0 Å². The van der Waals surface area contributed by atoms with Crippen LogP contribution in [0.1, 0.15) is 22.5 Å². The van der Waals surface area contributed by atoms with Gasteiger partial charge in [0.05, 0.1) is 13.3 Å². The van der Waals surface area contributed by atoms with Crippen molar-refractivity contribution >= 4 is 11.6 Å². The number of furan rings is 1. The molecule has 4 heteroatoms. The Kier molecular flexibility index (Phi) is 4.81. The Morgan fingerprint density at radius 2 is 1.90 bits per heavy atom. The molecule has 0 bridgehead atoms. The Balaban J connectivity index is 1.95. The Bertz CT molecular complexity index is 595. The van der Waals surface area contributed by atoms with Crippen LogP contribution in [-0.4, -0.2) is 19.5 Å². The van der Waals surface area contributed by atoms with Gasteiger partial charge in [0.15, 0.2) is 12.3 Å². The van der Waals surface area contributed by atoms with E-state index in [1.807, 2.05) is 33.0 Å². The molecule has 0 spiro atoms. The van der Waals surface area contributed by atoms with Gasteiger partial charge in [0, 0.05) is 5.69 Å². The van der Waals surface area contributed by atoms with Gasteiger partial charge in [0.2, 0.25) is 0 Å². The number of aryl methyl sites for hydroxylation is 3. The van der Waals surface area contributed by atoms with Crippen LogP contribution in [0.3, 0.4) is 0 Å². The quantitative estimate of drug-likeness (QED) is 0.882. The molecular weight excluding hydrogens is 264 g/mol. The number of benzene rings is 1. The largest absolute Gasteiger partial charge is 0.463 e. The zero-order chi connectivity index (χ0) is 15.4. The lowest BCUT2D eigenvalue weighted by atomic mass is 10.1. The molecule has 0 fully saturated rings. The summed E-state index contributed by atoms with van der Waals surface area (Å²) in [6.45, 7) is 7.22.